The first-order valence-corrected chi connectivity index (χ1v) is 6.07. The zero-order valence-corrected chi connectivity index (χ0v) is 11.0. The lowest BCUT2D eigenvalue weighted by atomic mass is 10.1. The summed E-state index contributed by atoms with van der Waals surface area (Å²) < 4.78 is 4.95. The molecule has 0 unspecified atom stereocenters. The summed E-state index contributed by atoms with van der Waals surface area (Å²) in [6.07, 6.45) is 9.30. The molecule has 104 valence electrons. The second-order valence-corrected chi connectivity index (χ2v) is 4.12. The highest BCUT2D eigenvalue weighted by molar-refractivity contribution is 5.92. The smallest absolute Gasteiger partial charge is 0.307 e. The number of allylic oxidation sites excluding steroid dienone is 5. The number of amides is 1. The zero-order valence-electron chi connectivity index (χ0n) is 11.0. The second kappa shape index (κ2) is 6.53. The van der Waals surface area contributed by atoms with E-state index in [9.17, 15) is 4.79 Å². The Morgan fingerprint density at radius 3 is 3.10 bits per heavy atom. The summed E-state index contributed by atoms with van der Waals surface area (Å²) in [5, 5.41) is 12.9. The molecule has 0 saturated heterocycles. The first-order chi connectivity index (χ1) is 9.72. The van der Waals surface area contributed by atoms with Crippen molar-refractivity contribution in [3.63, 3.8) is 0 Å². The summed E-state index contributed by atoms with van der Waals surface area (Å²) in [6.45, 7) is 1.85. The maximum Gasteiger partial charge on any atom is 0.307 e. The highest BCUT2D eigenvalue weighted by Crippen LogP contribution is 2.16. The monoisotopic (exact) mass is 273 g/mol. The molecular formula is C14H15N3O3. The van der Waals surface area contributed by atoms with E-state index in [0.717, 1.165) is 11.1 Å². The Morgan fingerprint density at radius 2 is 2.40 bits per heavy atom. The number of rotatable bonds is 4. The van der Waals surface area contributed by atoms with Gasteiger partial charge in [0.25, 0.3) is 0 Å². The summed E-state index contributed by atoms with van der Waals surface area (Å²) in [5.74, 6) is -0.222. The highest BCUT2D eigenvalue weighted by atomic mass is 16.5. The summed E-state index contributed by atoms with van der Waals surface area (Å²) >= 11 is 0. The number of nitrogens with one attached hydrogen (secondary N) is 2. The van der Waals surface area contributed by atoms with Crippen LogP contribution < -0.4 is 10.9 Å². The molecule has 0 spiro atoms. The number of hydrogen-bond donors (Lipinski definition) is 3. The lowest BCUT2D eigenvalue weighted by molar-refractivity contribution is 0.0927. The Kier molecular flexibility index (Phi) is 4.52. The van der Waals surface area contributed by atoms with Crippen molar-refractivity contribution in [3.8, 4) is 0 Å². The molecule has 6 nitrogen and oxygen atoms in total. The minimum Gasteiger partial charge on any atom is -0.459 e. The standard InChI is InChI=1S/C14H15N3O3/c1-10-11(5-2-3-6-12(10)17-19)9-15-16-14(18)13-7-4-8-20-13/h2,4-9,17,19H,3H2,1H3,(H,16,18)/b15-9+. The zero-order chi connectivity index (χ0) is 14.4. The molecule has 20 heavy (non-hydrogen) atoms. The Bertz CT molecular complexity index is 595. The fourth-order valence-electron chi connectivity index (χ4n) is 1.71. The van der Waals surface area contributed by atoms with E-state index < -0.39 is 5.91 Å². The van der Waals surface area contributed by atoms with Crippen LogP contribution in [0.1, 0.15) is 23.9 Å². The average molecular weight is 273 g/mol. The van der Waals surface area contributed by atoms with E-state index >= 15 is 0 Å². The molecule has 0 radical (unpaired) electrons. The predicted molar refractivity (Wildman–Crippen MR) is 74.1 cm³/mol. The molecule has 0 bridgehead atoms. The maximum atomic E-state index is 11.6. The lowest BCUT2D eigenvalue weighted by Crippen LogP contribution is -2.17. The molecule has 1 heterocycles. The first-order valence-electron chi connectivity index (χ1n) is 6.07. The van der Waals surface area contributed by atoms with Crippen molar-refractivity contribution in [2.45, 2.75) is 13.3 Å². The number of hydrogen-bond acceptors (Lipinski definition) is 5. The van der Waals surface area contributed by atoms with Gasteiger partial charge in [-0.25, -0.2) is 5.43 Å². The van der Waals surface area contributed by atoms with Gasteiger partial charge in [0.05, 0.1) is 18.2 Å². The molecule has 1 amide bonds. The molecule has 0 saturated carbocycles. The van der Waals surface area contributed by atoms with Crippen LogP contribution in [0.5, 0.6) is 0 Å². The number of nitrogens with zero attached hydrogens (tertiary/aromatic N) is 1. The Labute approximate surface area is 116 Å². The SMILES string of the molecule is CC1=C(/C=N/NC(=O)c2ccco2)C=CCC=C1NO. The van der Waals surface area contributed by atoms with Crippen LogP contribution in [0.2, 0.25) is 0 Å². The van der Waals surface area contributed by atoms with E-state index in [1.807, 2.05) is 25.2 Å². The highest BCUT2D eigenvalue weighted by Gasteiger charge is 2.08. The predicted octanol–water partition coefficient (Wildman–Crippen LogP) is 2.13. The van der Waals surface area contributed by atoms with Gasteiger partial charge in [-0.3, -0.25) is 15.5 Å². The topological polar surface area (TPSA) is 86.9 Å². The van der Waals surface area contributed by atoms with Gasteiger partial charge in [0, 0.05) is 0 Å². The van der Waals surface area contributed by atoms with Crippen molar-refractivity contribution in [3.05, 3.63) is 59.2 Å². The van der Waals surface area contributed by atoms with E-state index in [2.05, 4.69) is 16.0 Å². The largest absolute Gasteiger partial charge is 0.459 e. The molecule has 6 heteroatoms. The molecule has 2 rings (SSSR count). The van der Waals surface area contributed by atoms with Gasteiger partial charge in [-0.05, 0) is 36.6 Å². The number of carbonyl (C=O) groups is 1. The van der Waals surface area contributed by atoms with Crippen LogP contribution in [0, 0.1) is 0 Å². The summed E-state index contributed by atoms with van der Waals surface area (Å²) in [7, 11) is 0. The Morgan fingerprint density at radius 1 is 1.55 bits per heavy atom. The molecular weight excluding hydrogens is 258 g/mol. The molecule has 3 N–H and O–H groups in total. The number of carbonyl (C=O) groups excluding carboxylic acids is 1. The normalized spacial score (nSPS) is 15.2. The molecule has 1 aromatic heterocycles. The van der Waals surface area contributed by atoms with Crippen molar-refractivity contribution >= 4 is 12.1 Å². The third-order valence-electron chi connectivity index (χ3n) is 2.83. The fourth-order valence-corrected chi connectivity index (χ4v) is 1.71. The van der Waals surface area contributed by atoms with Gasteiger partial charge < -0.3 is 4.42 Å². The van der Waals surface area contributed by atoms with Gasteiger partial charge in [-0.2, -0.15) is 5.10 Å². The van der Waals surface area contributed by atoms with Crippen molar-refractivity contribution in [2.24, 2.45) is 5.10 Å². The Balaban J connectivity index is 2.07. The minimum absolute atomic E-state index is 0.196. The minimum atomic E-state index is -0.418. The fraction of sp³-hybridized carbons (Fsp3) is 0.143. The van der Waals surface area contributed by atoms with Gasteiger partial charge in [0.2, 0.25) is 0 Å². The van der Waals surface area contributed by atoms with Crippen molar-refractivity contribution in [2.75, 3.05) is 0 Å². The average Bonchev–Trinajstić information content (AvgIpc) is 2.93. The number of furan rings is 1. The van der Waals surface area contributed by atoms with E-state index in [1.54, 1.807) is 12.1 Å². The van der Waals surface area contributed by atoms with Crippen LogP contribution in [0.4, 0.5) is 0 Å². The summed E-state index contributed by atoms with van der Waals surface area (Å²) in [5.41, 5.74) is 6.75. The molecule has 1 aromatic rings. The lowest BCUT2D eigenvalue weighted by Gasteiger charge is -2.06. The van der Waals surface area contributed by atoms with E-state index in [1.165, 1.54) is 12.5 Å². The third-order valence-corrected chi connectivity index (χ3v) is 2.83. The summed E-state index contributed by atoms with van der Waals surface area (Å²) in [4.78, 5) is 11.6. The van der Waals surface area contributed by atoms with E-state index in [4.69, 9.17) is 9.62 Å². The maximum absolute atomic E-state index is 11.6. The van der Waals surface area contributed by atoms with Gasteiger partial charge in [-0.1, -0.05) is 18.2 Å². The first kappa shape index (κ1) is 13.8. The molecule has 0 aromatic carbocycles. The van der Waals surface area contributed by atoms with Crippen molar-refractivity contribution in [1.29, 1.82) is 0 Å². The van der Waals surface area contributed by atoms with Crippen LogP contribution in [0.25, 0.3) is 0 Å². The van der Waals surface area contributed by atoms with Gasteiger partial charge in [-0.15, -0.1) is 0 Å². The van der Waals surface area contributed by atoms with Crippen molar-refractivity contribution in [1.82, 2.24) is 10.9 Å². The van der Waals surface area contributed by atoms with Crippen LogP contribution >= 0.6 is 0 Å². The molecule has 0 fully saturated rings. The molecule has 0 aliphatic heterocycles. The third kappa shape index (κ3) is 3.24. The van der Waals surface area contributed by atoms with E-state index in [0.29, 0.717) is 12.1 Å². The number of hydroxylamine groups is 1. The number of hydrazone groups is 1. The van der Waals surface area contributed by atoms with Gasteiger partial charge in [0.15, 0.2) is 5.76 Å². The van der Waals surface area contributed by atoms with Crippen LogP contribution in [0.3, 0.4) is 0 Å². The van der Waals surface area contributed by atoms with Gasteiger partial charge in [0.1, 0.15) is 0 Å². The second-order valence-electron chi connectivity index (χ2n) is 4.12. The van der Waals surface area contributed by atoms with Crippen molar-refractivity contribution < 1.29 is 14.4 Å². The summed E-state index contributed by atoms with van der Waals surface area (Å²) in [6, 6.07) is 3.18. The van der Waals surface area contributed by atoms with Crippen LogP contribution in [-0.2, 0) is 0 Å². The molecule has 0 atom stereocenters. The Hall–Kier alpha value is -2.60. The molecule has 1 aliphatic carbocycles. The van der Waals surface area contributed by atoms with Gasteiger partial charge >= 0.3 is 5.91 Å². The quantitative estimate of drug-likeness (QED) is 0.579. The van der Waals surface area contributed by atoms with Crippen LogP contribution in [0.15, 0.2) is 63.0 Å². The van der Waals surface area contributed by atoms with Crippen LogP contribution in [-0.4, -0.2) is 17.3 Å². The molecule has 1 aliphatic rings. The van der Waals surface area contributed by atoms with E-state index in [-0.39, 0.29) is 5.76 Å².